The van der Waals surface area contributed by atoms with Crippen molar-refractivity contribution in [2.75, 3.05) is 33.7 Å². The molecule has 1 fully saturated rings. The van der Waals surface area contributed by atoms with E-state index in [0.29, 0.717) is 12.5 Å². The highest BCUT2D eigenvalue weighted by Crippen LogP contribution is 2.21. The van der Waals surface area contributed by atoms with Gasteiger partial charge in [-0.05, 0) is 51.7 Å². The number of rotatable bonds is 7. The first-order valence-electron chi connectivity index (χ1n) is 6.79. The van der Waals surface area contributed by atoms with Gasteiger partial charge in [-0.15, -0.1) is 0 Å². The lowest BCUT2D eigenvalue weighted by atomic mass is 10.1. The Morgan fingerprint density at radius 2 is 2.18 bits per heavy atom. The molecule has 17 heavy (non-hydrogen) atoms. The molecule has 0 spiro atoms. The number of nitrogens with two attached hydrogens (primary N) is 1. The maximum absolute atomic E-state index is 11.5. The molecule has 0 aromatic carbocycles. The van der Waals surface area contributed by atoms with E-state index in [1.165, 1.54) is 25.8 Å². The fourth-order valence-electron chi connectivity index (χ4n) is 2.53. The van der Waals surface area contributed by atoms with Gasteiger partial charge in [-0.1, -0.05) is 0 Å². The summed E-state index contributed by atoms with van der Waals surface area (Å²) >= 11 is 0. The van der Waals surface area contributed by atoms with Gasteiger partial charge < -0.3 is 15.5 Å². The van der Waals surface area contributed by atoms with E-state index in [-0.39, 0.29) is 5.91 Å². The third-order valence-corrected chi connectivity index (χ3v) is 3.58. The lowest BCUT2D eigenvalue weighted by Crippen LogP contribution is -2.31. The van der Waals surface area contributed by atoms with Crippen LogP contribution in [0.5, 0.6) is 0 Å². The molecule has 1 atom stereocenters. The van der Waals surface area contributed by atoms with E-state index in [1.54, 1.807) is 4.90 Å². The third kappa shape index (κ3) is 5.04. The van der Waals surface area contributed by atoms with E-state index < -0.39 is 0 Å². The van der Waals surface area contributed by atoms with Crippen LogP contribution in [0.2, 0.25) is 0 Å². The zero-order chi connectivity index (χ0) is 12.7. The standard InChI is InChI=1S/C13H27N3O/c1-15(2)13(17)8-5-11-16-10-4-7-12(16)6-3-9-14/h12H,3-11,14H2,1-2H3. The summed E-state index contributed by atoms with van der Waals surface area (Å²) in [5.41, 5.74) is 5.56. The Morgan fingerprint density at radius 1 is 1.41 bits per heavy atom. The lowest BCUT2D eigenvalue weighted by Gasteiger charge is -2.24. The molecule has 100 valence electrons. The van der Waals surface area contributed by atoms with Crippen molar-refractivity contribution in [2.45, 2.75) is 44.6 Å². The SMILES string of the molecule is CN(C)C(=O)CCCN1CCCC1CCCN. The van der Waals surface area contributed by atoms with Crippen LogP contribution in [-0.2, 0) is 4.79 Å². The summed E-state index contributed by atoms with van der Waals surface area (Å²) in [6.45, 7) is 3.06. The molecule has 4 heteroatoms. The Morgan fingerprint density at radius 3 is 2.82 bits per heavy atom. The van der Waals surface area contributed by atoms with Gasteiger partial charge in [-0.2, -0.15) is 0 Å². The predicted octanol–water partition coefficient (Wildman–Crippen LogP) is 1.06. The first kappa shape index (κ1) is 14.5. The van der Waals surface area contributed by atoms with Crippen molar-refractivity contribution in [1.82, 2.24) is 9.80 Å². The fourth-order valence-corrected chi connectivity index (χ4v) is 2.53. The summed E-state index contributed by atoms with van der Waals surface area (Å²) < 4.78 is 0. The number of carbonyl (C=O) groups excluding carboxylic acids is 1. The topological polar surface area (TPSA) is 49.6 Å². The second-order valence-corrected chi connectivity index (χ2v) is 5.15. The summed E-state index contributed by atoms with van der Waals surface area (Å²) in [5.74, 6) is 0.239. The summed E-state index contributed by atoms with van der Waals surface area (Å²) in [4.78, 5) is 15.7. The monoisotopic (exact) mass is 241 g/mol. The molecule has 2 N–H and O–H groups in total. The molecule has 0 aliphatic carbocycles. The first-order valence-corrected chi connectivity index (χ1v) is 6.79. The Kier molecular flexibility index (Phi) is 6.52. The molecule has 0 aromatic heterocycles. The normalized spacial score (nSPS) is 20.8. The highest BCUT2D eigenvalue weighted by atomic mass is 16.2. The van der Waals surface area contributed by atoms with Crippen LogP contribution in [0.15, 0.2) is 0 Å². The van der Waals surface area contributed by atoms with Crippen LogP contribution in [0.25, 0.3) is 0 Å². The van der Waals surface area contributed by atoms with Crippen LogP contribution in [0.4, 0.5) is 0 Å². The van der Waals surface area contributed by atoms with Crippen molar-refractivity contribution >= 4 is 5.91 Å². The van der Waals surface area contributed by atoms with Crippen LogP contribution < -0.4 is 5.73 Å². The van der Waals surface area contributed by atoms with Crippen LogP contribution in [-0.4, -0.2) is 55.5 Å². The number of carbonyl (C=O) groups is 1. The molecule has 0 bridgehead atoms. The van der Waals surface area contributed by atoms with Gasteiger partial charge in [-0.3, -0.25) is 4.79 Å². The van der Waals surface area contributed by atoms with E-state index in [9.17, 15) is 4.79 Å². The van der Waals surface area contributed by atoms with Crippen LogP contribution >= 0.6 is 0 Å². The molecule has 0 saturated carbocycles. The van der Waals surface area contributed by atoms with Gasteiger partial charge >= 0.3 is 0 Å². The zero-order valence-corrected chi connectivity index (χ0v) is 11.3. The molecule has 1 saturated heterocycles. The molecule has 4 nitrogen and oxygen atoms in total. The zero-order valence-electron chi connectivity index (χ0n) is 11.3. The van der Waals surface area contributed by atoms with Crippen molar-refractivity contribution in [3.8, 4) is 0 Å². The maximum atomic E-state index is 11.5. The summed E-state index contributed by atoms with van der Waals surface area (Å²) in [6.07, 6.45) is 6.61. The Bertz CT molecular complexity index is 231. The number of likely N-dealkylation sites (tertiary alicyclic amines) is 1. The number of hydrogen-bond donors (Lipinski definition) is 1. The highest BCUT2D eigenvalue weighted by molar-refractivity contribution is 5.75. The first-order chi connectivity index (χ1) is 8.15. The van der Waals surface area contributed by atoms with Crippen molar-refractivity contribution in [3.05, 3.63) is 0 Å². The van der Waals surface area contributed by atoms with Gasteiger partial charge in [0.15, 0.2) is 0 Å². The summed E-state index contributed by atoms with van der Waals surface area (Å²) in [5, 5.41) is 0. The van der Waals surface area contributed by atoms with E-state index in [4.69, 9.17) is 5.73 Å². The second-order valence-electron chi connectivity index (χ2n) is 5.15. The molecule has 1 heterocycles. The molecule has 1 unspecified atom stereocenters. The second kappa shape index (κ2) is 7.67. The minimum atomic E-state index is 0.239. The number of amides is 1. The van der Waals surface area contributed by atoms with Crippen LogP contribution in [0.1, 0.15) is 38.5 Å². The lowest BCUT2D eigenvalue weighted by molar-refractivity contribution is -0.128. The Hall–Kier alpha value is -0.610. The smallest absolute Gasteiger partial charge is 0.222 e. The predicted molar refractivity (Wildman–Crippen MR) is 70.8 cm³/mol. The van der Waals surface area contributed by atoms with Gasteiger partial charge in [0.25, 0.3) is 0 Å². The largest absolute Gasteiger partial charge is 0.349 e. The molecule has 1 aliphatic heterocycles. The average molecular weight is 241 g/mol. The Labute approximate surface area is 105 Å². The average Bonchev–Trinajstić information content (AvgIpc) is 2.73. The molecular weight excluding hydrogens is 214 g/mol. The van der Waals surface area contributed by atoms with Gasteiger partial charge in [0.2, 0.25) is 5.91 Å². The van der Waals surface area contributed by atoms with Gasteiger partial charge in [-0.25, -0.2) is 0 Å². The van der Waals surface area contributed by atoms with Crippen molar-refractivity contribution in [3.63, 3.8) is 0 Å². The van der Waals surface area contributed by atoms with Crippen molar-refractivity contribution in [2.24, 2.45) is 5.73 Å². The fraction of sp³-hybridized carbons (Fsp3) is 0.923. The van der Waals surface area contributed by atoms with Gasteiger partial charge in [0, 0.05) is 26.6 Å². The number of nitrogens with zero attached hydrogens (tertiary/aromatic N) is 2. The molecule has 1 amide bonds. The summed E-state index contributed by atoms with van der Waals surface area (Å²) in [6, 6.07) is 0.716. The maximum Gasteiger partial charge on any atom is 0.222 e. The van der Waals surface area contributed by atoms with Crippen LogP contribution in [0, 0.1) is 0 Å². The van der Waals surface area contributed by atoms with Crippen LogP contribution in [0.3, 0.4) is 0 Å². The quantitative estimate of drug-likeness (QED) is 0.725. The minimum absolute atomic E-state index is 0.239. The van der Waals surface area contributed by atoms with E-state index in [0.717, 1.165) is 25.9 Å². The minimum Gasteiger partial charge on any atom is -0.349 e. The summed E-state index contributed by atoms with van der Waals surface area (Å²) in [7, 11) is 3.64. The molecule has 0 aromatic rings. The Balaban J connectivity index is 2.19. The van der Waals surface area contributed by atoms with Gasteiger partial charge in [0.05, 0.1) is 0 Å². The number of hydrogen-bond acceptors (Lipinski definition) is 3. The molecule has 1 rings (SSSR count). The molecule has 0 radical (unpaired) electrons. The third-order valence-electron chi connectivity index (χ3n) is 3.58. The van der Waals surface area contributed by atoms with Gasteiger partial charge in [0.1, 0.15) is 0 Å². The molecular formula is C13H27N3O. The van der Waals surface area contributed by atoms with Crippen molar-refractivity contribution in [1.29, 1.82) is 0 Å². The van der Waals surface area contributed by atoms with Crippen molar-refractivity contribution < 1.29 is 4.79 Å². The highest BCUT2D eigenvalue weighted by Gasteiger charge is 2.23. The molecule has 1 aliphatic rings. The van der Waals surface area contributed by atoms with E-state index in [1.807, 2.05) is 14.1 Å². The van der Waals surface area contributed by atoms with E-state index >= 15 is 0 Å². The van der Waals surface area contributed by atoms with E-state index in [2.05, 4.69) is 4.90 Å².